The van der Waals surface area contributed by atoms with E-state index in [0.29, 0.717) is 28.2 Å². The van der Waals surface area contributed by atoms with Crippen LogP contribution in [-0.4, -0.2) is 26.8 Å². The minimum Gasteiger partial charge on any atom is -0.346 e. The summed E-state index contributed by atoms with van der Waals surface area (Å²) in [6, 6.07) is 11.2. The van der Waals surface area contributed by atoms with Gasteiger partial charge in [0.1, 0.15) is 0 Å². The van der Waals surface area contributed by atoms with Crippen LogP contribution in [0.3, 0.4) is 0 Å². The molecule has 0 aliphatic carbocycles. The molecule has 2 heterocycles. The van der Waals surface area contributed by atoms with Gasteiger partial charge in [0, 0.05) is 28.7 Å². The molecule has 0 aliphatic heterocycles. The number of carbonyl (C=O) groups excluding carboxylic acids is 1. The minimum atomic E-state index is -0.0989. The summed E-state index contributed by atoms with van der Waals surface area (Å²) < 4.78 is 5.13. The number of carbonyl (C=O) groups is 1. The Hall–Kier alpha value is -2.38. The van der Waals surface area contributed by atoms with E-state index in [-0.39, 0.29) is 12.5 Å². The molecule has 128 valence electrons. The van der Waals surface area contributed by atoms with Crippen LogP contribution in [0.4, 0.5) is 0 Å². The predicted octanol–water partition coefficient (Wildman–Crippen LogP) is 3.33. The summed E-state index contributed by atoms with van der Waals surface area (Å²) in [6.07, 6.45) is 3.32. The normalized spacial score (nSPS) is 10.6. The molecule has 0 bridgehead atoms. The molecule has 0 unspecified atom stereocenters. The molecule has 0 fully saturated rings. The van der Waals surface area contributed by atoms with Gasteiger partial charge in [-0.15, -0.1) is 11.8 Å². The van der Waals surface area contributed by atoms with Crippen molar-refractivity contribution in [2.45, 2.75) is 12.3 Å². The maximum absolute atomic E-state index is 11.9. The van der Waals surface area contributed by atoms with Gasteiger partial charge in [-0.3, -0.25) is 9.78 Å². The van der Waals surface area contributed by atoms with Crippen LogP contribution in [0.5, 0.6) is 0 Å². The number of aromatic nitrogens is 3. The van der Waals surface area contributed by atoms with Gasteiger partial charge in [0.2, 0.25) is 17.6 Å². The fraction of sp³-hybridized carbons (Fsp3) is 0.176. The summed E-state index contributed by atoms with van der Waals surface area (Å²) in [5.74, 6) is 1.71. The van der Waals surface area contributed by atoms with Crippen LogP contribution < -0.4 is 5.32 Å². The van der Waals surface area contributed by atoms with E-state index in [0.717, 1.165) is 11.1 Å². The number of amides is 1. The van der Waals surface area contributed by atoms with Gasteiger partial charge in [-0.05, 0) is 23.8 Å². The first-order valence-corrected chi connectivity index (χ1v) is 9.06. The van der Waals surface area contributed by atoms with Crippen LogP contribution in [0.25, 0.3) is 11.4 Å². The quantitative estimate of drug-likeness (QED) is 0.683. The Morgan fingerprint density at radius 2 is 2.12 bits per heavy atom. The maximum atomic E-state index is 11.9. The highest BCUT2D eigenvalue weighted by atomic mass is 35.5. The van der Waals surface area contributed by atoms with E-state index in [1.807, 2.05) is 30.3 Å². The molecule has 25 heavy (non-hydrogen) atoms. The highest BCUT2D eigenvalue weighted by Crippen LogP contribution is 2.20. The largest absolute Gasteiger partial charge is 0.346 e. The summed E-state index contributed by atoms with van der Waals surface area (Å²) in [5.41, 5.74) is 1.78. The molecule has 1 N–H and O–H groups in total. The highest BCUT2D eigenvalue weighted by molar-refractivity contribution is 7.99. The Balaban J connectivity index is 1.44. The second-order valence-electron chi connectivity index (χ2n) is 5.11. The molecule has 0 atom stereocenters. The lowest BCUT2D eigenvalue weighted by molar-refractivity contribution is -0.118. The summed E-state index contributed by atoms with van der Waals surface area (Å²) in [6.45, 7) is 0.193. The molecule has 6 nitrogen and oxygen atoms in total. The molecule has 3 rings (SSSR count). The Bertz CT molecular complexity index is 841. The van der Waals surface area contributed by atoms with Gasteiger partial charge in [0.15, 0.2) is 0 Å². The Labute approximate surface area is 154 Å². The van der Waals surface area contributed by atoms with Crippen molar-refractivity contribution in [3.05, 3.63) is 65.3 Å². The monoisotopic (exact) mass is 374 g/mol. The number of pyridine rings is 1. The van der Waals surface area contributed by atoms with E-state index in [9.17, 15) is 4.79 Å². The van der Waals surface area contributed by atoms with E-state index < -0.39 is 0 Å². The third-order valence-corrected chi connectivity index (χ3v) is 4.62. The van der Waals surface area contributed by atoms with Crippen molar-refractivity contribution >= 4 is 29.3 Å². The zero-order valence-electron chi connectivity index (χ0n) is 13.2. The van der Waals surface area contributed by atoms with Gasteiger partial charge in [0.25, 0.3) is 0 Å². The number of hydrogen-bond donors (Lipinski definition) is 1. The number of nitrogens with zero attached hydrogens (tertiary/aromatic N) is 3. The van der Waals surface area contributed by atoms with Crippen molar-refractivity contribution in [2.24, 2.45) is 0 Å². The second-order valence-corrected chi connectivity index (χ2v) is 6.51. The summed E-state index contributed by atoms with van der Waals surface area (Å²) >= 11 is 7.58. The van der Waals surface area contributed by atoms with Crippen molar-refractivity contribution < 1.29 is 9.32 Å². The van der Waals surface area contributed by atoms with Crippen molar-refractivity contribution in [1.82, 2.24) is 20.4 Å². The molecule has 0 saturated heterocycles. The first-order valence-electron chi connectivity index (χ1n) is 7.53. The molecule has 2 aromatic heterocycles. The zero-order chi connectivity index (χ0) is 17.5. The Morgan fingerprint density at radius 3 is 2.92 bits per heavy atom. The van der Waals surface area contributed by atoms with Crippen molar-refractivity contribution in [3.63, 3.8) is 0 Å². The maximum Gasteiger partial charge on any atom is 0.246 e. The summed E-state index contributed by atoms with van der Waals surface area (Å²) in [7, 11) is 0. The molecular formula is C17H15ClN4O2S. The zero-order valence-corrected chi connectivity index (χ0v) is 14.8. The van der Waals surface area contributed by atoms with Gasteiger partial charge >= 0.3 is 0 Å². The molecule has 0 spiro atoms. The molecule has 0 aliphatic rings. The van der Waals surface area contributed by atoms with Crippen LogP contribution in [0, 0.1) is 0 Å². The van der Waals surface area contributed by atoms with E-state index >= 15 is 0 Å². The van der Waals surface area contributed by atoms with Gasteiger partial charge in [-0.25, -0.2) is 0 Å². The molecule has 1 aromatic carbocycles. The second kappa shape index (κ2) is 8.64. The predicted molar refractivity (Wildman–Crippen MR) is 97.0 cm³/mol. The van der Waals surface area contributed by atoms with E-state index in [1.165, 1.54) is 11.8 Å². The van der Waals surface area contributed by atoms with Gasteiger partial charge in [-0.1, -0.05) is 35.0 Å². The van der Waals surface area contributed by atoms with Crippen LogP contribution in [0.1, 0.15) is 11.5 Å². The fourth-order valence-electron chi connectivity index (χ4n) is 2.03. The van der Waals surface area contributed by atoms with Crippen LogP contribution in [0.15, 0.2) is 53.3 Å². The first-order chi connectivity index (χ1) is 12.2. The van der Waals surface area contributed by atoms with Gasteiger partial charge in [0.05, 0.1) is 12.3 Å². The molecule has 1 amide bonds. The van der Waals surface area contributed by atoms with E-state index in [2.05, 4.69) is 20.4 Å². The standard InChI is InChI=1S/C17H15ClN4O2S/c18-14-6-2-1-4-13(14)10-25-11-15(23)20-9-16-21-17(22-24-16)12-5-3-7-19-8-12/h1-8H,9-11H2,(H,20,23). The summed E-state index contributed by atoms with van der Waals surface area (Å²) in [4.78, 5) is 20.1. The number of nitrogens with one attached hydrogen (secondary N) is 1. The molecule has 8 heteroatoms. The molecule has 0 radical (unpaired) electrons. The number of halogens is 1. The highest BCUT2D eigenvalue weighted by Gasteiger charge is 2.10. The smallest absolute Gasteiger partial charge is 0.246 e. The average molecular weight is 375 g/mol. The lowest BCUT2D eigenvalue weighted by atomic mass is 10.2. The molecule has 3 aromatic rings. The number of rotatable bonds is 7. The minimum absolute atomic E-state index is 0.0989. The van der Waals surface area contributed by atoms with E-state index in [1.54, 1.807) is 18.5 Å². The SMILES string of the molecule is O=C(CSCc1ccccc1Cl)NCc1nc(-c2cccnc2)no1. The number of hydrogen-bond acceptors (Lipinski definition) is 6. The van der Waals surface area contributed by atoms with Crippen LogP contribution >= 0.6 is 23.4 Å². The van der Waals surface area contributed by atoms with E-state index in [4.69, 9.17) is 16.1 Å². The lowest BCUT2D eigenvalue weighted by Crippen LogP contribution is -2.24. The van der Waals surface area contributed by atoms with Gasteiger partial charge < -0.3 is 9.84 Å². The van der Waals surface area contributed by atoms with Crippen molar-refractivity contribution in [3.8, 4) is 11.4 Å². The van der Waals surface area contributed by atoms with Crippen molar-refractivity contribution in [1.29, 1.82) is 0 Å². The Kier molecular flexibility index (Phi) is 6.03. The third kappa shape index (κ3) is 5.04. The van der Waals surface area contributed by atoms with Gasteiger partial charge in [-0.2, -0.15) is 4.98 Å². The number of thioether (sulfide) groups is 1. The fourth-order valence-corrected chi connectivity index (χ4v) is 3.18. The lowest BCUT2D eigenvalue weighted by Gasteiger charge is -2.04. The molecular weight excluding hydrogens is 360 g/mol. The third-order valence-electron chi connectivity index (χ3n) is 3.27. The van der Waals surface area contributed by atoms with Crippen molar-refractivity contribution in [2.75, 3.05) is 5.75 Å². The topological polar surface area (TPSA) is 80.9 Å². The first kappa shape index (κ1) is 17.4. The van der Waals surface area contributed by atoms with Crippen LogP contribution in [-0.2, 0) is 17.1 Å². The molecule has 0 saturated carbocycles. The summed E-state index contributed by atoms with van der Waals surface area (Å²) in [5, 5.41) is 7.35. The van der Waals surface area contributed by atoms with Crippen LogP contribution in [0.2, 0.25) is 5.02 Å². The average Bonchev–Trinajstić information content (AvgIpc) is 3.11. The number of benzene rings is 1. The Morgan fingerprint density at radius 1 is 1.24 bits per heavy atom.